The Morgan fingerprint density at radius 2 is 1.86 bits per heavy atom. The van der Waals surface area contributed by atoms with Crippen LogP contribution in [0.1, 0.15) is 40.8 Å². The number of hydrogen-bond donors (Lipinski definition) is 1. The van der Waals surface area contributed by atoms with Crippen molar-refractivity contribution in [2.24, 2.45) is 0 Å². The zero-order valence-corrected chi connectivity index (χ0v) is 17.5. The van der Waals surface area contributed by atoms with Crippen molar-refractivity contribution in [3.63, 3.8) is 0 Å². The number of halogens is 2. The van der Waals surface area contributed by atoms with Crippen LogP contribution in [0.5, 0.6) is 0 Å². The Labute approximate surface area is 172 Å². The van der Waals surface area contributed by atoms with Gasteiger partial charge < -0.3 is 19.5 Å². The van der Waals surface area contributed by atoms with Gasteiger partial charge in [-0.3, -0.25) is 14.2 Å². The van der Waals surface area contributed by atoms with Crippen LogP contribution in [0, 0.1) is 5.82 Å². The largest absolute Gasteiger partial charge is 0.456 e. The molecule has 0 amide bonds. The number of benzene rings is 1. The molecule has 0 unspecified atom stereocenters. The van der Waals surface area contributed by atoms with Gasteiger partial charge in [-0.1, -0.05) is 11.6 Å². The minimum atomic E-state index is -0.949. The third-order valence-corrected chi connectivity index (χ3v) is 4.72. The second-order valence-corrected chi connectivity index (χ2v) is 7.65. The van der Waals surface area contributed by atoms with Crippen LogP contribution in [0.4, 0.5) is 10.3 Å². The zero-order valence-electron chi connectivity index (χ0n) is 16.7. The maximum Gasteiger partial charge on any atom is 0.303 e. The lowest BCUT2D eigenvalue weighted by Crippen LogP contribution is -2.38. The summed E-state index contributed by atoms with van der Waals surface area (Å²) in [4.78, 5) is 27.8. The van der Waals surface area contributed by atoms with Crippen LogP contribution in [-0.4, -0.2) is 45.8 Å². The Morgan fingerprint density at radius 1 is 1.24 bits per heavy atom. The van der Waals surface area contributed by atoms with E-state index >= 15 is 0 Å². The van der Waals surface area contributed by atoms with E-state index in [0.717, 1.165) is 0 Å². The van der Waals surface area contributed by atoms with Gasteiger partial charge in [-0.25, -0.2) is 9.37 Å². The van der Waals surface area contributed by atoms with Gasteiger partial charge in [-0.05, 0) is 26.8 Å². The molecule has 2 aromatic rings. The van der Waals surface area contributed by atoms with Crippen molar-refractivity contribution in [3.05, 3.63) is 23.0 Å². The van der Waals surface area contributed by atoms with E-state index in [2.05, 4.69) is 10.3 Å². The molecule has 3 rings (SSSR count). The Hall–Kier alpha value is -2.39. The van der Waals surface area contributed by atoms with Crippen LogP contribution in [0.25, 0.3) is 11.0 Å². The molecule has 8 nitrogen and oxygen atoms in total. The van der Waals surface area contributed by atoms with Gasteiger partial charge >= 0.3 is 11.9 Å². The highest BCUT2D eigenvalue weighted by Crippen LogP contribution is 2.39. The summed E-state index contributed by atoms with van der Waals surface area (Å²) in [6.07, 6.45) is -3.25. The molecule has 0 saturated carbocycles. The lowest BCUT2D eigenvalue weighted by molar-refractivity contribution is -0.165. The number of carbonyl (C=O) groups is 2. The minimum absolute atomic E-state index is 0.00106. The fourth-order valence-electron chi connectivity index (χ4n) is 3.39. The summed E-state index contributed by atoms with van der Waals surface area (Å²) in [5, 5.41) is 3.12. The van der Waals surface area contributed by atoms with Crippen molar-refractivity contribution < 1.29 is 28.2 Å². The van der Waals surface area contributed by atoms with Crippen molar-refractivity contribution >= 4 is 40.5 Å². The molecule has 1 aliphatic heterocycles. The molecule has 1 aromatic carbocycles. The molecule has 10 heteroatoms. The maximum atomic E-state index is 14.2. The Balaban J connectivity index is 2.16. The SMILES string of the molecule is CC(=O)O[C@@H]1[C@H](OC(C)=O)[C@@H](C)O[C@H]1n1c(NC(C)C)nc2cc(Cl)c(F)cc21. The van der Waals surface area contributed by atoms with Gasteiger partial charge in [0.25, 0.3) is 0 Å². The van der Waals surface area contributed by atoms with Gasteiger partial charge in [0.15, 0.2) is 18.4 Å². The normalized spacial score (nSPS) is 24.1. The van der Waals surface area contributed by atoms with Gasteiger partial charge in [0.1, 0.15) is 5.82 Å². The summed E-state index contributed by atoms with van der Waals surface area (Å²) in [7, 11) is 0. The molecule has 4 atom stereocenters. The highest BCUT2D eigenvalue weighted by molar-refractivity contribution is 6.31. The molecule has 0 aliphatic carbocycles. The van der Waals surface area contributed by atoms with Crippen molar-refractivity contribution in [1.29, 1.82) is 0 Å². The smallest absolute Gasteiger partial charge is 0.303 e. The standard InChI is InChI=1S/C19H23ClFN3O5/c1-8(2)22-19-23-14-6-12(20)13(21)7-15(14)24(19)18-17(29-11(5)26)16(9(3)27-18)28-10(4)25/h6-9,16-18H,1-5H3,(H,22,23)/t9-,16-,17-,18-/m1/s1. The first-order valence-corrected chi connectivity index (χ1v) is 9.59. The van der Waals surface area contributed by atoms with E-state index in [4.69, 9.17) is 25.8 Å². The summed E-state index contributed by atoms with van der Waals surface area (Å²) in [5.74, 6) is -1.33. The predicted octanol–water partition coefficient (Wildman–Crippen LogP) is 3.43. The van der Waals surface area contributed by atoms with Gasteiger partial charge in [-0.2, -0.15) is 0 Å². The first-order valence-electron chi connectivity index (χ1n) is 9.22. The number of esters is 2. The third-order valence-electron chi connectivity index (χ3n) is 4.43. The summed E-state index contributed by atoms with van der Waals surface area (Å²) < 4.78 is 32.6. The molecule has 0 bridgehead atoms. The second kappa shape index (κ2) is 8.16. The van der Waals surface area contributed by atoms with Crippen LogP contribution in [0.15, 0.2) is 12.1 Å². The topological polar surface area (TPSA) is 91.7 Å². The number of anilines is 1. The van der Waals surface area contributed by atoms with Gasteiger partial charge in [-0.15, -0.1) is 0 Å². The van der Waals surface area contributed by atoms with Crippen LogP contribution in [0.3, 0.4) is 0 Å². The minimum Gasteiger partial charge on any atom is -0.456 e. The number of hydrogen-bond acceptors (Lipinski definition) is 7. The highest BCUT2D eigenvalue weighted by atomic mass is 35.5. The van der Waals surface area contributed by atoms with E-state index < -0.39 is 42.3 Å². The van der Waals surface area contributed by atoms with E-state index in [1.165, 1.54) is 26.0 Å². The Bertz CT molecular complexity index is 948. The molecule has 0 radical (unpaired) electrons. The van der Waals surface area contributed by atoms with Crippen molar-refractivity contribution in [1.82, 2.24) is 9.55 Å². The van der Waals surface area contributed by atoms with Gasteiger partial charge in [0.2, 0.25) is 5.95 Å². The first kappa shape index (κ1) is 21.3. The highest BCUT2D eigenvalue weighted by Gasteiger charge is 2.49. The number of aromatic nitrogens is 2. The second-order valence-electron chi connectivity index (χ2n) is 7.24. The van der Waals surface area contributed by atoms with Crippen LogP contribution >= 0.6 is 11.6 Å². The molecular weight excluding hydrogens is 405 g/mol. The summed E-state index contributed by atoms with van der Waals surface area (Å²) in [5.41, 5.74) is 0.834. The zero-order chi connectivity index (χ0) is 21.5. The molecule has 1 aromatic heterocycles. The average Bonchev–Trinajstić information content (AvgIpc) is 3.05. The number of ether oxygens (including phenoxy) is 3. The summed E-state index contributed by atoms with van der Waals surface area (Å²) in [6.45, 7) is 8.06. The van der Waals surface area contributed by atoms with E-state index in [1.807, 2.05) is 13.8 Å². The van der Waals surface area contributed by atoms with Gasteiger partial charge in [0.05, 0.1) is 22.2 Å². The fourth-order valence-corrected chi connectivity index (χ4v) is 3.55. The maximum absolute atomic E-state index is 14.2. The Morgan fingerprint density at radius 3 is 2.45 bits per heavy atom. The summed E-state index contributed by atoms with van der Waals surface area (Å²) in [6, 6.07) is 2.66. The molecule has 1 saturated heterocycles. The van der Waals surface area contributed by atoms with Crippen LogP contribution < -0.4 is 5.32 Å². The van der Waals surface area contributed by atoms with E-state index in [-0.39, 0.29) is 11.1 Å². The molecule has 0 spiro atoms. The predicted molar refractivity (Wildman–Crippen MR) is 104 cm³/mol. The van der Waals surface area contributed by atoms with E-state index in [0.29, 0.717) is 17.0 Å². The number of nitrogens with zero attached hydrogens (tertiary/aromatic N) is 2. The van der Waals surface area contributed by atoms with Crippen molar-refractivity contribution in [2.45, 2.75) is 65.2 Å². The molecular formula is C19H23ClFN3O5. The molecule has 158 valence electrons. The molecule has 2 heterocycles. The number of rotatable bonds is 5. The quantitative estimate of drug-likeness (QED) is 0.731. The van der Waals surface area contributed by atoms with Crippen molar-refractivity contribution in [3.8, 4) is 0 Å². The van der Waals surface area contributed by atoms with E-state index in [9.17, 15) is 14.0 Å². The molecule has 1 N–H and O–H groups in total. The number of fused-ring (bicyclic) bond motifs is 1. The third kappa shape index (κ3) is 4.30. The first-order chi connectivity index (χ1) is 13.6. The monoisotopic (exact) mass is 427 g/mol. The number of imidazole rings is 1. The molecule has 1 fully saturated rings. The summed E-state index contributed by atoms with van der Waals surface area (Å²) >= 11 is 5.91. The molecule has 29 heavy (non-hydrogen) atoms. The van der Waals surface area contributed by atoms with Crippen LogP contribution in [-0.2, 0) is 23.8 Å². The Kier molecular flexibility index (Phi) is 6.00. The molecule has 1 aliphatic rings. The lowest BCUT2D eigenvalue weighted by atomic mass is 10.1. The lowest BCUT2D eigenvalue weighted by Gasteiger charge is -2.25. The van der Waals surface area contributed by atoms with Crippen molar-refractivity contribution in [2.75, 3.05) is 5.32 Å². The number of nitrogens with one attached hydrogen (secondary N) is 1. The van der Waals surface area contributed by atoms with Crippen LogP contribution in [0.2, 0.25) is 5.02 Å². The number of carbonyl (C=O) groups excluding carboxylic acids is 2. The van der Waals surface area contributed by atoms with Gasteiger partial charge in [0, 0.05) is 26.0 Å². The fraction of sp³-hybridized carbons (Fsp3) is 0.526. The average molecular weight is 428 g/mol. The van der Waals surface area contributed by atoms with E-state index in [1.54, 1.807) is 11.5 Å².